The Kier molecular flexibility index (Phi) is 3.78. The molecule has 0 unspecified atom stereocenters. The van der Waals surface area contributed by atoms with Crippen LogP contribution >= 0.6 is 16.1 Å². The molecule has 0 aromatic heterocycles. The molecule has 2 aliphatic heterocycles. The van der Waals surface area contributed by atoms with Crippen molar-refractivity contribution in [1.29, 1.82) is 0 Å². The fraction of sp³-hybridized carbons (Fsp3) is 0.733. The van der Waals surface area contributed by atoms with Gasteiger partial charge in [0.05, 0.1) is 0 Å². The van der Waals surface area contributed by atoms with E-state index in [2.05, 4.69) is 54.3 Å². The number of amides is 3. The summed E-state index contributed by atoms with van der Waals surface area (Å²) in [6.07, 6.45) is 2.80. The summed E-state index contributed by atoms with van der Waals surface area (Å²) in [5, 5.41) is 0. The summed E-state index contributed by atoms with van der Waals surface area (Å²) >= 11 is 3.65. The number of halogens is 1. The highest BCUT2D eigenvalue weighted by Gasteiger charge is 2.63. The lowest BCUT2D eigenvalue weighted by Gasteiger charge is -2.56. The fourth-order valence-corrected chi connectivity index (χ4v) is 4.23. The van der Waals surface area contributed by atoms with E-state index in [4.69, 9.17) is 0 Å². The summed E-state index contributed by atoms with van der Waals surface area (Å²) in [6.45, 7) is 12.3. The van der Waals surface area contributed by atoms with Crippen molar-refractivity contribution in [2.75, 3.05) is 13.6 Å². The first kappa shape index (κ1) is 16.5. The Labute approximate surface area is 135 Å². The lowest BCUT2D eigenvalue weighted by atomic mass is 9.70. The molecule has 2 heterocycles. The first-order valence-electron chi connectivity index (χ1n) is 7.16. The minimum atomic E-state index is -0.767. The van der Waals surface area contributed by atoms with Gasteiger partial charge in [-0.15, -0.1) is 6.58 Å². The second kappa shape index (κ2) is 4.81. The minimum Gasteiger partial charge on any atom is -0.312 e. The third-order valence-electron chi connectivity index (χ3n) is 4.63. The number of hydrogen-bond donors (Lipinski definition) is 0. The molecule has 0 atom stereocenters. The van der Waals surface area contributed by atoms with E-state index in [9.17, 15) is 9.59 Å². The third-order valence-corrected chi connectivity index (χ3v) is 6.55. The lowest BCUT2D eigenvalue weighted by molar-refractivity contribution is -0.139. The van der Waals surface area contributed by atoms with E-state index < -0.39 is 5.54 Å². The van der Waals surface area contributed by atoms with Crippen LogP contribution in [-0.2, 0) is 4.79 Å². The molecule has 118 valence electrons. The van der Waals surface area contributed by atoms with Gasteiger partial charge in [0.15, 0.2) is 0 Å². The van der Waals surface area contributed by atoms with Gasteiger partial charge in [-0.05, 0) is 40.5 Å². The molecule has 2 fully saturated rings. The summed E-state index contributed by atoms with van der Waals surface area (Å²) in [6, 6.07) is -0.227. The molecule has 2 saturated heterocycles. The molecule has 5 nitrogen and oxygen atoms in total. The maximum atomic E-state index is 13.0. The van der Waals surface area contributed by atoms with E-state index in [1.165, 1.54) is 4.90 Å². The first-order valence-corrected chi connectivity index (χ1v) is 7.87. The van der Waals surface area contributed by atoms with Crippen LogP contribution in [0, 0.1) is 0 Å². The minimum absolute atomic E-state index is 0.100. The molecule has 1 spiro atoms. The number of urea groups is 1. The zero-order chi connectivity index (χ0) is 16.2. The van der Waals surface area contributed by atoms with Crippen LogP contribution in [0.3, 0.4) is 0 Å². The van der Waals surface area contributed by atoms with Gasteiger partial charge in [-0.25, -0.2) is 8.72 Å². The molecule has 21 heavy (non-hydrogen) atoms. The highest BCUT2D eigenvalue weighted by atomic mass is 79.9. The van der Waals surface area contributed by atoms with Crippen molar-refractivity contribution in [2.45, 2.75) is 57.2 Å². The fourth-order valence-electron chi connectivity index (χ4n) is 3.98. The quantitative estimate of drug-likeness (QED) is 0.433. The van der Waals surface area contributed by atoms with Gasteiger partial charge in [0, 0.05) is 40.8 Å². The summed E-state index contributed by atoms with van der Waals surface area (Å²) < 4.78 is 2.13. The van der Waals surface area contributed by atoms with Crippen molar-refractivity contribution in [3.63, 3.8) is 0 Å². The van der Waals surface area contributed by atoms with Gasteiger partial charge in [-0.1, -0.05) is 6.08 Å². The van der Waals surface area contributed by atoms with E-state index in [1.54, 1.807) is 18.0 Å². The Morgan fingerprint density at radius 3 is 2.10 bits per heavy atom. The topological polar surface area (TPSA) is 43.9 Å². The number of likely N-dealkylation sites (N-methyl/N-ethyl adjacent to an activating group) is 1. The zero-order valence-corrected chi connectivity index (χ0v) is 15.0. The van der Waals surface area contributed by atoms with Gasteiger partial charge in [0.1, 0.15) is 5.54 Å². The van der Waals surface area contributed by atoms with Crippen molar-refractivity contribution < 1.29 is 9.59 Å². The smallest absolute Gasteiger partial charge is 0.312 e. The lowest BCUT2D eigenvalue weighted by Crippen LogP contribution is -2.67. The highest BCUT2D eigenvalue weighted by Crippen LogP contribution is 2.50. The van der Waals surface area contributed by atoms with Crippen LogP contribution in [0.2, 0.25) is 0 Å². The van der Waals surface area contributed by atoms with Crippen LogP contribution in [0.15, 0.2) is 12.7 Å². The number of hydrogen-bond acceptors (Lipinski definition) is 3. The number of imide groups is 1. The maximum absolute atomic E-state index is 13.0. The molecule has 3 amide bonds. The highest BCUT2D eigenvalue weighted by molar-refractivity contribution is 9.07. The van der Waals surface area contributed by atoms with Crippen molar-refractivity contribution in [3.05, 3.63) is 12.7 Å². The Morgan fingerprint density at radius 1 is 1.19 bits per heavy atom. The molecule has 0 radical (unpaired) electrons. The molecule has 0 saturated carbocycles. The Hall–Kier alpha value is -0.880. The number of carbonyl (C=O) groups excluding carboxylic acids is 2. The molecule has 0 aromatic rings. The second-order valence-electron chi connectivity index (χ2n) is 7.34. The predicted octanol–water partition coefficient (Wildman–Crippen LogP) is 2.77. The van der Waals surface area contributed by atoms with Crippen molar-refractivity contribution in [3.8, 4) is 0 Å². The van der Waals surface area contributed by atoms with Gasteiger partial charge in [-0.3, -0.25) is 9.69 Å². The van der Waals surface area contributed by atoms with Crippen LogP contribution in [0.5, 0.6) is 0 Å². The van der Waals surface area contributed by atoms with Crippen LogP contribution < -0.4 is 0 Å². The van der Waals surface area contributed by atoms with E-state index in [-0.39, 0.29) is 29.6 Å². The van der Waals surface area contributed by atoms with Gasteiger partial charge < -0.3 is 4.90 Å². The molecular weight excluding hydrogens is 334 g/mol. The summed E-state index contributed by atoms with van der Waals surface area (Å²) in [5.74, 6) is -0.100. The van der Waals surface area contributed by atoms with Gasteiger partial charge in [0.2, 0.25) is 0 Å². The number of rotatable bonds is 2. The Morgan fingerprint density at radius 2 is 1.67 bits per heavy atom. The van der Waals surface area contributed by atoms with Crippen LogP contribution in [0.4, 0.5) is 4.79 Å². The summed E-state index contributed by atoms with van der Waals surface area (Å²) in [5.41, 5.74) is -1.25. The van der Waals surface area contributed by atoms with Crippen molar-refractivity contribution in [1.82, 2.24) is 13.7 Å². The largest absolute Gasteiger partial charge is 0.327 e. The molecule has 0 bridgehead atoms. The number of carbonyl (C=O) groups is 2. The van der Waals surface area contributed by atoms with Crippen molar-refractivity contribution in [2.24, 2.45) is 0 Å². The molecule has 6 heteroatoms. The SMILES string of the molecule is C=CCN1C(=O)N(C)C2(CC(C)(C)N(Br)C(C)(C)C2)C1=O. The summed E-state index contributed by atoms with van der Waals surface area (Å²) in [4.78, 5) is 28.3. The van der Waals surface area contributed by atoms with Crippen molar-refractivity contribution >= 4 is 28.1 Å². The predicted molar refractivity (Wildman–Crippen MR) is 86.0 cm³/mol. The molecule has 0 aromatic carbocycles. The van der Waals surface area contributed by atoms with E-state index in [0.717, 1.165) is 0 Å². The molecule has 0 N–H and O–H groups in total. The molecular formula is C15H24BrN3O2. The summed E-state index contributed by atoms with van der Waals surface area (Å²) in [7, 11) is 1.74. The second-order valence-corrected chi connectivity index (χ2v) is 8.05. The standard InChI is InChI=1S/C15H24BrN3O2/c1-7-8-18-11(20)15(17(6)12(18)21)9-13(2,3)19(16)14(4,5)10-15/h7H,1,8-10H2,2-6H3. The Balaban J connectivity index is 2.49. The normalized spacial score (nSPS) is 27.5. The molecule has 0 aliphatic carbocycles. The third kappa shape index (κ3) is 2.23. The zero-order valence-electron chi connectivity index (χ0n) is 13.4. The average Bonchev–Trinajstić information content (AvgIpc) is 2.52. The van der Waals surface area contributed by atoms with E-state index in [1.807, 2.05) is 0 Å². The Bertz CT molecular complexity index is 483. The maximum Gasteiger partial charge on any atom is 0.327 e. The van der Waals surface area contributed by atoms with Crippen LogP contribution in [0.25, 0.3) is 0 Å². The van der Waals surface area contributed by atoms with E-state index in [0.29, 0.717) is 12.8 Å². The monoisotopic (exact) mass is 357 g/mol. The first-order chi connectivity index (χ1) is 9.49. The van der Waals surface area contributed by atoms with Gasteiger partial charge in [0.25, 0.3) is 5.91 Å². The van der Waals surface area contributed by atoms with Crippen LogP contribution in [0.1, 0.15) is 40.5 Å². The number of piperidine rings is 1. The van der Waals surface area contributed by atoms with Gasteiger partial charge in [-0.2, -0.15) is 0 Å². The average molecular weight is 358 g/mol. The number of nitrogens with zero attached hydrogens (tertiary/aromatic N) is 3. The van der Waals surface area contributed by atoms with E-state index >= 15 is 0 Å². The van der Waals surface area contributed by atoms with Crippen LogP contribution in [-0.4, -0.2) is 55.9 Å². The van der Waals surface area contributed by atoms with Gasteiger partial charge >= 0.3 is 6.03 Å². The molecule has 2 rings (SSSR count). The molecule has 2 aliphatic rings.